The highest BCUT2D eigenvalue weighted by Crippen LogP contribution is 2.26. The van der Waals surface area contributed by atoms with Crippen molar-refractivity contribution in [1.29, 1.82) is 0 Å². The third kappa shape index (κ3) is 3.90. The van der Waals surface area contributed by atoms with E-state index in [-0.39, 0.29) is 5.41 Å². The third-order valence-electron chi connectivity index (χ3n) is 2.85. The zero-order chi connectivity index (χ0) is 14.8. The smallest absolute Gasteiger partial charge is 0.203 e. The zero-order valence-corrected chi connectivity index (χ0v) is 14.5. The fourth-order valence-electron chi connectivity index (χ4n) is 1.56. The van der Waals surface area contributed by atoms with Crippen molar-refractivity contribution in [3.8, 4) is 0 Å². The van der Waals surface area contributed by atoms with Crippen LogP contribution in [0.5, 0.6) is 0 Å². The second-order valence-electron chi connectivity index (χ2n) is 5.60. The number of hydrogen-bond acceptors (Lipinski definition) is 4. The summed E-state index contributed by atoms with van der Waals surface area (Å²) in [6, 6.07) is 8.09. The van der Waals surface area contributed by atoms with Crippen LogP contribution in [0.3, 0.4) is 0 Å². The number of anilines is 1. The van der Waals surface area contributed by atoms with Gasteiger partial charge in [0.05, 0.1) is 11.4 Å². The lowest BCUT2D eigenvalue weighted by Crippen LogP contribution is -2.11. The van der Waals surface area contributed by atoms with Crippen LogP contribution in [0, 0.1) is 0 Å². The van der Waals surface area contributed by atoms with E-state index in [1.807, 2.05) is 31.2 Å². The summed E-state index contributed by atoms with van der Waals surface area (Å²) in [7, 11) is 0. The average molecular weight is 352 g/mol. The Labute approximate surface area is 132 Å². The lowest BCUT2D eigenvalue weighted by atomic mass is 9.93. The van der Waals surface area contributed by atoms with E-state index < -0.39 is 0 Å². The first kappa shape index (κ1) is 15.2. The number of hydrogen-bond donors (Lipinski definition) is 1. The molecule has 0 spiro atoms. The Hall–Kier alpha value is -1.20. The minimum Gasteiger partial charge on any atom is -0.252 e. The Balaban J connectivity index is 2.09. The zero-order valence-electron chi connectivity index (χ0n) is 12.1. The van der Waals surface area contributed by atoms with Crippen LogP contribution in [-0.2, 0) is 5.41 Å². The number of nitrogens with zero attached hydrogens (tertiary/aromatic N) is 2. The van der Waals surface area contributed by atoms with Crippen molar-refractivity contribution in [3.63, 3.8) is 0 Å². The third-order valence-corrected chi connectivity index (χ3v) is 4.13. The SMILES string of the molecule is C/C(=N\Nc1nc(C(C)(C)C)cs1)c1ccc(Br)cc1. The van der Waals surface area contributed by atoms with Crippen LogP contribution in [0.15, 0.2) is 39.2 Å². The molecule has 0 saturated carbocycles. The van der Waals surface area contributed by atoms with Crippen LogP contribution in [0.25, 0.3) is 0 Å². The largest absolute Gasteiger partial charge is 0.252 e. The van der Waals surface area contributed by atoms with Crippen molar-refractivity contribution < 1.29 is 0 Å². The molecule has 0 aliphatic rings. The summed E-state index contributed by atoms with van der Waals surface area (Å²) in [4.78, 5) is 4.55. The van der Waals surface area contributed by atoms with Crippen LogP contribution in [0.2, 0.25) is 0 Å². The van der Waals surface area contributed by atoms with Crippen molar-refractivity contribution in [2.24, 2.45) is 5.10 Å². The van der Waals surface area contributed by atoms with Gasteiger partial charge in [0.25, 0.3) is 0 Å². The minimum absolute atomic E-state index is 0.0703. The number of benzene rings is 1. The second kappa shape index (κ2) is 6.06. The summed E-state index contributed by atoms with van der Waals surface area (Å²) in [5, 5.41) is 7.29. The predicted octanol–water partition coefficient (Wildman–Crippen LogP) is 5.04. The maximum Gasteiger partial charge on any atom is 0.203 e. The summed E-state index contributed by atoms with van der Waals surface area (Å²) in [5.74, 6) is 0. The van der Waals surface area contributed by atoms with E-state index in [1.54, 1.807) is 11.3 Å². The minimum atomic E-state index is 0.0703. The van der Waals surface area contributed by atoms with Gasteiger partial charge in [0, 0.05) is 15.3 Å². The first-order valence-corrected chi connectivity index (χ1v) is 8.06. The molecule has 0 aliphatic carbocycles. The van der Waals surface area contributed by atoms with Gasteiger partial charge >= 0.3 is 0 Å². The van der Waals surface area contributed by atoms with Gasteiger partial charge in [0.2, 0.25) is 5.13 Å². The van der Waals surface area contributed by atoms with Gasteiger partial charge in [-0.2, -0.15) is 5.10 Å². The molecule has 0 saturated heterocycles. The molecular formula is C15H18BrN3S. The maximum atomic E-state index is 4.55. The Morgan fingerprint density at radius 1 is 1.25 bits per heavy atom. The molecular weight excluding hydrogens is 334 g/mol. The van der Waals surface area contributed by atoms with Crippen molar-refractivity contribution in [2.75, 3.05) is 5.43 Å². The van der Waals surface area contributed by atoms with E-state index in [2.05, 4.69) is 57.6 Å². The topological polar surface area (TPSA) is 37.3 Å². The second-order valence-corrected chi connectivity index (χ2v) is 7.38. The number of rotatable bonds is 3. The Bertz CT molecular complexity index is 609. The van der Waals surface area contributed by atoms with Gasteiger partial charge in [0.1, 0.15) is 0 Å². The first-order chi connectivity index (χ1) is 9.36. The normalized spacial score (nSPS) is 12.6. The molecule has 5 heteroatoms. The van der Waals surface area contributed by atoms with Gasteiger partial charge in [-0.1, -0.05) is 48.8 Å². The molecule has 20 heavy (non-hydrogen) atoms. The standard InChI is InChI=1S/C15H18BrN3S/c1-10(11-5-7-12(16)8-6-11)18-19-14-17-13(9-20-14)15(2,3)4/h5-9H,1-4H3,(H,17,19)/b18-10+. The van der Waals surface area contributed by atoms with E-state index in [0.29, 0.717) is 0 Å². The van der Waals surface area contributed by atoms with Gasteiger partial charge < -0.3 is 0 Å². The summed E-state index contributed by atoms with van der Waals surface area (Å²) in [6.45, 7) is 8.45. The molecule has 0 fully saturated rings. The molecule has 3 nitrogen and oxygen atoms in total. The van der Waals surface area contributed by atoms with Crippen molar-refractivity contribution >= 4 is 38.1 Å². The quantitative estimate of drug-likeness (QED) is 0.621. The summed E-state index contributed by atoms with van der Waals surface area (Å²) in [5.41, 5.74) is 6.21. The molecule has 0 atom stereocenters. The van der Waals surface area contributed by atoms with Gasteiger partial charge in [-0.3, -0.25) is 5.43 Å². The highest BCUT2D eigenvalue weighted by Gasteiger charge is 2.17. The molecule has 0 radical (unpaired) electrons. The molecule has 1 heterocycles. The van der Waals surface area contributed by atoms with Gasteiger partial charge in [0.15, 0.2) is 0 Å². The molecule has 1 aromatic carbocycles. The predicted molar refractivity (Wildman–Crippen MR) is 90.8 cm³/mol. The number of thiazole rings is 1. The average Bonchev–Trinajstić information content (AvgIpc) is 2.85. The van der Waals surface area contributed by atoms with E-state index in [4.69, 9.17) is 0 Å². The van der Waals surface area contributed by atoms with Gasteiger partial charge in [-0.15, -0.1) is 11.3 Å². The fraction of sp³-hybridized carbons (Fsp3) is 0.333. The highest BCUT2D eigenvalue weighted by atomic mass is 79.9. The van der Waals surface area contributed by atoms with Crippen molar-refractivity contribution in [3.05, 3.63) is 45.4 Å². The molecule has 1 N–H and O–H groups in total. The van der Waals surface area contributed by atoms with Gasteiger partial charge in [-0.05, 0) is 24.6 Å². The lowest BCUT2D eigenvalue weighted by Gasteiger charge is -2.13. The molecule has 0 bridgehead atoms. The monoisotopic (exact) mass is 351 g/mol. The lowest BCUT2D eigenvalue weighted by molar-refractivity contribution is 0.573. The molecule has 2 rings (SSSR count). The van der Waals surface area contributed by atoms with Crippen molar-refractivity contribution in [2.45, 2.75) is 33.1 Å². The number of halogens is 1. The highest BCUT2D eigenvalue weighted by molar-refractivity contribution is 9.10. The van der Waals surface area contributed by atoms with E-state index >= 15 is 0 Å². The van der Waals surface area contributed by atoms with Crippen LogP contribution in [-0.4, -0.2) is 10.7 Å². The van der Waals surface area contributed by atoms with Crippen LogP contribution in [0.1, 0.15) is 39.0 Å². The molecule has 1 aromatic heterocycles. The number of hydrazone groups is 1. The number of nitrogens with one attached hydrogen (secondary N) is 1. The molecule has 0 unspecified atom stereocenters. The fourth-order valence-corrected chi connectivity index (χ4v) is 2.70. The Kier molecular flexibility index (Phi) is 4.60. The van der Waals surface area contributed by atoms with Crippen LogP contribution in [0.4, 0.5) is 5.13 Å². The Morgan fingerprint density at radius 2 is 1.90 bits per heavy atom. The van der Waals surface area contributed by atoms with Crippen LogP contribution >= 0.6 is 27.3 Å². The molecule has 106 valence electrons. The number of aromatic nitrogens is 1. The maximum absolute atomic E-state index is 4.55. The van der Waals surface area contributed by atoms with Gasteiger partial charge in [-0.25, -0.2) is 4.98 Å². The molecule has 0 amide bonds. The van der Waals surface area contributed by atoms with E-state index in [0.717, 1.165) is 26.6 Å². The summed E-state index contributed by atoms with van der Waals surface area (Å²) < 4.78 is 1.07. The van der Waals surface area contributed by atoms with Crippen molar-refractivity contribution in [1.82, 2.24) is 4.98 Å². The van der Waals surface area contributed by atoms with Crippen LogP contribution < -0.4 is 5.43 Å². The molecule has 2 aromatic rings. The summed E-state index contributed by atoms with van der Waals surface area (Å²) >= 11 is 5.01. The Morgan fingerprint density at radius 3 is 2.45 bits per heavy atom. The molecule has 0 aliphatic heterocycles. The summed E-state index contributed by atoms with van der Waals surface area (Å²) in [6.07, 6.45) is 0. The first-order valence-electron chi connectivity index (χ1n) is 6.38. The van der Waals surface area contributed by atoms with E-state index in [9.17, 15) is 0 Å². The van der Waals surface area contributed by atoms with E-state index in [1.165, 1.54) is 0 Å².